The van der Waals surface area contributed by atoms with E-state index in [0.29, 0.717) is 30.5 Å². The zero-order valence-electron chi connectivity index (χ0n) is 15.6. The fourth-order valence-electron chi connectivity index (χ4n) is 2.72. The van der Waals surface area contributed by atoms with Crippen LogP contribution >= 0.6 is 23.4 Å². The Morgan fingerprint density at radius 1 is 1.37 bits per heavy atom. The highest BCUT2D eigenvalue weighted by molar-refractivity contribution is 7.99. The zero-order valence-corrected chi connectivity index (χ0v) is 17.1. The number of nitrogens with zero attached hydrogens (tertiary/aromatic N) is 3. The van der Waals surface area contributed by atoms with Gasteiger partial charge >= 0.3 is 0 Å². The number of aromatic nitrogens is 2. The number of imidazole rings is 1. The molecule has 1 aromatic carbocycles. The minimum atomic E-state index is 0.0115. The Kier molecular flexibility index (Phi) is 6.46. The van der Waals surface area contributed by atoms with E-state index in [1.807, 2.05) is 37.3 Å². The Bertz CT molecular complexity index is 938. The topological polar surface area (TPSA) is 60.5 Å². The van der Waals surface area contributed by atoms with Crippen molar-refractivity contribution < 1.29 is 13.9 Å². The van der Waals surface area contributed by atoms with Gasteiger partial charge in [-0.2, -0.15) is 0 Å². The second-order valence-corrected chi connectivity index (χ2v) is 7.60. The number of carbonyl (C=O) groups is 1. The largest absolute Gasteiger partial charge is 0.464 e. The van der Waals surface area contributed by atoms with Crippen LogP contribution in [0.3, 0.4) is 0 Å². The number of furan rings is 1. The Morgan fingerprint density at radius 3 is 2.89 bits per heavy atom. The Hall–Kier alpha value is -1.96. The monoisotopic (exact) mass is 407 g/mol. The van der Waals surface area contributed by atoms with Crippen LogP contribution in [0.2, 0.25) is 5.02 Å². The van der Waals surface area contributed by atoms with E-state index >= 15 is 0 Å². The molecule has 0 fully saturated rings. The van der Waals surface area contributed by atoms with Crippen molar-refractivity contribution in [1.82, 2.24) is 14.5 Å². The van der Waals surface area contributed by atoms with Gasteiger partial charge < -0.3 is 18.6 Å². The summed E-state index contributed by atoms with van der Waals surface area (Å²) in [6, 6.07) is 9.40. The smallest absolute Gasteiger partial charge is 0.233 e. The molecule has 144 valence electrons. The molecule has 0 aliphatic rings. The van der Waals surface area contributed by atoms with Gasteiger partial charge in [-0.15, -0.1) is 0 Å². The van der Waals surface area contributed by atoms with E-state index in [-0.39, 0.29) is 5.91 Å². The SMILES string of the molecule is COCCn1c(SCC(=O)N(C)Cc2ccc(C)o2)nc2cc(Cl)ccc21. The van der Waals surface area contributed by atoms with E-state index in [9.17, 15) is 4.79 Å². The van der Waals surface area contributed by atoms with Crippen molar-refractivity contribution in [2.45, 2.75) is 25.2 Å². The molecule has 0 atom stereocenters. The summed E-state index contributed by atoms with van der Waals surface area (Å²) in [6.07, 6.45) is 0. The molecule has 2 heterocycles. The number of hydrogen-bond acceptors (Lipinski definition) is 5. The average molecular weight is 408 g/mol. The van der Waals surface area contributed by atoms with Crippen molar-refractivity contribution in [2.24, 2.45) is 0 Å². The predicted molar refractivity (Wildman–Crippen MR) is 107 cm³/mol. The summed E-state index contributed by atoms with van der Waals surface area (Å²) in [6.45, 7) is 3.56. The molecule has 0 radical (unpaired) electrons. The number of aryl methyl sites for hydroxylation is 1. The molecule has 6 nitrogen and oxygen atoms in total. The number of ether oxygens (including phenoxy) is 1. The summed E-state index contributed by atoms with van der Waals surface area (Å²) in [5.74, 6) is 1.92. The molecule has 0 saturated carbocycles. The lowest BCUT2D eigenvalue weighted by Gasteiger charge is -2.15. The van der Waals surface area contributed by atoms with Gasteiger partial charge in [0.25, 0.3) is 0 Å². The van der Waals surface area contributed by atoms with Crippen molar-refractivity contribution in [2.75, 3.05) is 26.5 Å². The number of benzene rings is 1. The molecule has 3 rings (SSSR count). The molecule has 3 aromatic rings. The molecule has 1 amide bonds. The second-order valence-electron chi connectivity index (χ2n) is 6.22. The van der Waals surface area contributed by atoms with Crippen LogP contribution in [-0.4, -0.2) is 46.9 Å². The molecule has 0 saturated heterocycles. The van der Waals surface area contributed by atoms with Crippen LogP contribution in [0.5, 0.6) is 0 Å². The molecule has 2 aromatic heterocycles. The van der Waals surface area contributed by atoms with E-state index in [2.05, 4.69) is 9.55 Å². The van der Waals surface area contributed by atoms with E-state index in [0.717, 1.165) is 27.7 Å². The number of halogens is 1. The Balaban J connectivity index is 1.70. The average Bonchev–Trinajstić information content (AvgIpc) is 3.20. The maximum Gasteiger partial charge on any atom is 0.233 e. The van der Waals surface area contributed by atoms with E-state index in [4.69, 9.17) is 20.8 Å². The van der Waals surface area contributed by atoms with Crippen LogP contribution in [0.1, 0.15) is 11.5 Å². The summed E-state index contributed by atoms with van der Waals surface area (Å²) in [5, 5.41) is 1.42. The standard InChI is InChI=1S/C19H22ClN3O3S/c1-13-4-6-15(26-13)11-22(2)18(24)12-27-19-21-16-10-14(20)5-7-17(16)23(19)8-9-25-3/h4-7,10H,8-9,11-12H2,1-3H3. The van der Waals surface area contributed by atoms with E-state index < -0.39 is 0 Å². The van der Waals surface area contributed by atoms with Gasteiger partial charge in [0.05, 0.1) is 29.9 Å². The highest BCUT2D eigenvalue weighted by Gasteiger charge is 2.16. The minimum Gasteiger partial charge on any atom is -0.464 e. The van der Waals surface area contributed by atoms with Crippen LogP contribution < -0.4 is 0 Å². The first-order valence-electron chi connectivity index (χ1n) is 8.54. The highest BCUT2D eigenvalue weighted by atomic mass is 35.5. The second kappa shape index (κ2) is 8.82. The first kappa shape index (κ1) is 19.8. The fraction of sp³-hybridized carbons (Fsp3) is 0.368. The van der Waals surface area contributed by atoms with Crippen LogP contribution in [0.25, 0.3) is 11.0 Å². The predicted octanol–water partition coefficient (Wildman–Crippen LogP) is 3.99. The van der Waals surface area contributed by atoms with Crippen molar-refractivity contribution in [3.8, 4) is 0 Å². The third kappa shape index (κ3) is 4.86. The summed E-state index contributed by atoms with van der Waals surface area (Å²) in [4.78, 5) is 18.8. The van der Waals surface area contributed by atoms with Crippen molar-refractivity contribution in [3.05, 3.63) is 46.9 Å². The highest BCUT2D eigenvalue weighted by Crippen LogP contribution is 2.26. The number of hydrogen-bond donors (Lipinski definition) is 0. The minimum absolute atomic E-state index is 0.0115. The molecule has 0 aliphatic carbocycles. The lowest BCUT2D eigenvalue weighted by Crippen LogP contribution is -2.27. The quantitative estimate of drug-likeness (QED) is 0.528. The molecule has 0 bridgehead atoms. The van der Waals surface area contributed by atoms with Crippen molar-refractivity contribution in [3.63, 3.8) is 0 Å². The van der Waals surface area contributed by atoms with Gasteiger partial charge in [-0.3, -0.25) is 4.79 Å². The molecule has 0 N–H and O–H groups in total. The van der Waals surface area contributed by atoms with Crippen molar-refractivity contribution in [1.29, 1.82) is 0 Å². The summed E-state index contributed by atoms with van der Waals surface area (Å²) in [7, 11) is 3.44. The molecular weight excluding hydrogens is 386 g/mol. The first-order chi connectivity index (χ1) is 13.0. The first-order valence-corrected chi connectivity index (χ1v) is 9.91. The van der Waals surface area contributed by atoms with Gasteiger partial charge in [0.2, 0.25) is 5.91 Å². The van der Waals surface area contributed by atoms with Gasteiger partial charge in [0, 0.05) is 25.7 Å². The zero-order chi connectivity index (χ0) is 19.4. The summed E-state index contributed by atoms with van der Waals surface area (Å²) >= 11 is 7.49. The van der Waals surface area contributed by atoms with Gasteiger partial charge in [0.1, 0.15) is 11.5 Å². The lowest BCUT2D eigenvalue weighted by molar-refractivity contribution is -0.127. The van der Waals surface area contributed by atoms with Gasteiger partial charge in [0.15, 0.2) is 5.16 Å². The molecule has 0 spiro atoms. The maximum absolute atomic E-state index is 12.5. The van der Waals surface area contributed by atoms with Crippen molar-refractivity contribution >= 4 is 40.3 Å². The number of fused-ring (bicyclic) bond motifs is 1. The normalized spacial score (nSPS) is 11.3. The van der Waals surface area contributed by atoms with Gasteiger partial charge in [-0.1, -0.05) is 23.4 Å². The number of thioether (sulfide) groups is 1. The van der Waals surface area contributed by atoms with Gasteiger partial charge in [-0.25, -0.2) is 4.98 Å². The third-order valence-electron chi connectivity index (χ3n) is 4.13. The Morgan fingerprint density at radius 2 is 2.19 bits per heavy atom. The van der Waals surface area contributed by atoms with Gasteiger partial charge in [-0.05, 0) is 37.3 Å². The summed E-state index contributed by atoms with van der Waals surface area (Å²) < 4.78 is 12.8. The molecule has 27 heavy (non-hydrogen) atoms. The van der Waals surface area contributed by atoms with Crippen LogP contribution in [0, 0.1) is 6.92 Å². The molecule has 0 unspecified atom stereocenters. The fourth-order valence-corrected chi connectivity index (χ4v) is 3.87. The van der Waals surface area contributed by atoms with Crippen LogP contribution in [0.15, 0.2) is 39.9 Å². The number of carbonyl (C=O) groups excluding carboxylic acids is 1. The number of methoxy groups -OCH3 is 1. The van der Waals surface area contributed by atoms with E-state index in [1.165, 1.54) is 11.8 Å². The maximum atomic E-state index is 12.5. The number of amides is 1. The molecular formula is C19H22ClN3O3S. The third-order valence-corrected chi connectivity index (χ3v) is 5.33. The van der Waals surface area contributed by atoms with Crippen LogP contribution in [-0.2, 0) is 22.6 Å². The Labute approximate surface area is 167 Å². The molecule has 0 aliphatic heterocycles. The lowest BCUT2D eigenvalue weighted by atomic mass is 10.3. The summed E-state index contributed by atoms with van der Waals surface area (Å²) in [5.41, 5.74) is 1.79. The van der Waals surface area contributed by atoms with Crippen LogP contribution in [0.4, 0.5) is 0 Å². The number of rotatable bonds is 8. The molecule has 8 heteroatoms. The van der Waals surface area contributed by atoms with E-state index in [1.54, 1.807) is 19.1 Å².